The Kier molecular flexibility index (Phi) is 5.84. The van der Waals surface area contributed by atoms with E-state index in [9.17, 15) is 14.4 Å². The topological polar surface area (TPSA) is 113 Å². The van der Waals surface area contributed by atoms with Crippen molar-refractivity contribution in [2.75, 3.05) is 11.9 Å². The maximum absolute atomic E-state index is 11.9. The van der Waals surface area contributed by atoms with Crippen LogP contribution in [0.15, 0.2) is 36.4 Å². The molecule has 0 atom stereocenters. The minimum absolute atomic E-state index is 0.0541. The average molecular weight is 384 g/mol. The number of hydrogen-bond donors (Lipinski definition) is 3. The second-order valence-electron chi connectivity index (χ2n) is 4.82. The van der Waals surface area contributed by atoms with E-state index in [4.69, 9.17) is 38.2 Å². The molecule has 0 heterocycles. The van der Waals surface area contributed by atoms with Crippen LogP contribution < -0.4 is 10.1 Å². The molecular formula is C16H11Cl2NO6. The predicted molar refractivity (Wildman–Crippen MR) is 90.9 cm³/mol. The number of nitrogens with one attached hydrogen (secondary N) is 1. The van der Waals surface area contributed by atoms with Crippen LogP contribution in [-0.2, 0) is 4.79 Å². The number of amides is 1. The maximum atomic E-state index is 11.9. The number of anilines is 1. The van der Waals surface area contributed by atoms with Crippen LogP contribution in [0.5, 0.6) is 5.75 Å². The molecule has 2 aromatic carbocycles. The summed E-state index contributed by atoms with van der Waals surface area (Å²) < 4.78 is 5.18. The van der Waals surface area contributed by atoms with Crippen LogP contribution in [0, 0.1) is 0 Å². The molecule has 0 spiro atoms. The largest absolute Gasteiger partial charge is 0.484 e. The van der Waals surface area contributed by atoms with Crippen LogP contribution in [0.4, 0.5) is 5.69 Å². The maximum Gasteiger partial charge on any atom is 0.335 e. The van der Waals surface area contributed by atoms with Gasteiger partial charge in [-0.1, -0.05) is 23.2 Å². The summed E-state index contributed by atoms with van der Waals surface area (Å²) in [5.41, 5.74) is -0.131. The van der Waals surface area contributed by atoms with E-state index in [0.29, 0.717) is 10.7 Å². The molecule has 7 nitrogen and oxygen atoms in total. The van der Waals surface area contributed by atoms with E-state index in [-0.39, 0.29) is 21.9 Å². The zero-order valence-electron chi connectivity index (χ0n) is 12.5. The third kappa shape index (κ3) is 5.10. The number of rotatable bonds is 6. The highest BCUT2D eigenvalue weighted by atomic mass is 35.5. The molecule has 0 aliphatic heterocycles. The summed E-state index contributed by atoms with van der Waals surface area (Å²) in [5.74, 6) is -3.22. The fourth-order valence-corrected chi connectivity index (χ4v) is 2.15. The van der Waals surface area contributed by atoms with Crippen LogP contribution in [0.25, 0.3) is 0 Å². The van der Waals surface area contributed by atoms with Gasteiger partial charge in [0.1, 0.15) is 5.75 Å². The van der Waals surface area contributed by atoms with Crippen LogP contribution in [0.2, 0.25) is 10.0 Å². The molecule has 0 bridgehead atoms. The lowest BCUT2D eigenvalue weighted by Crippen LogP contribution is -2.20. The highest BCUT2D eigenvalue weighted by Gasteiger charge is 2.13. The van der Waals surface area contributed by atoms with Crippen molar-refractivity contribution in [3.8, 4) is 5.75 Å². The highest BCUT2D eigenvalue weighted by molar-refractivity contribution is 6.42. The molecule has 9 heteroatoms. The van der Waals surface area contributed by atoms with Crippen LogP contribution in [0.3, 0.4) is 0 Å². The monoisotopic (exact) mass is 383 g/mol. The number of carbonyl (C=O) groups excluding carboxylic acids is 1. The number of carboxylic acids is 2. The van der Waals surface area contributed by atoms with Crippen molar-refractivity contribution in [1.29, 1.82) is 0 Å². The number of hydrogen-bond acceptors (Lipinski definition) is 4. The summed E-state index contributed by atoms with van der Waals surface area (Å²) in [4.78, 5) is 33.9. The molecule has 0 unspecified atom stereocenters. The van der Waals surface area contributed by atoms with Crippen molar-refractivity contribution in [1.82, 2.24) is 0 Å². The number of carboxylic acid groups (broad SMARTS) is 2. The van der Waals surface area contributed by atoms with Crippen molar-refractivity contribution in [3.63, 3.8) is 0 Å². The summed E-state index contributed by atoms with van der Waals surface area (Å²) in [7, 11) is 0. The first-order valence-electron chi connectivity index (χ1n) is 6.75. The van der Waals surface area contributed by atoms with Gasteiger partial charge in [0.25, 0.3) is 5.91 Å². The van der Waals surface area contributed by atoms with Crippen molar-refractivity contribution >= 4 is 46.7 Å². The summed E-state index contributed by atoms with van der Waals surface area (Å²) in [5, 5.41) is 21.1. The summed E-state index contributed by atoms with van der Waals surface area (Å²) >= 11 is 11.6. The normalized spacial score (nSPS) is 10.2. The Morgan fingerprint density at radius 3 is 2.04 bits per heavy atom. The first kappa shape index (κ1) is 18.6. The highest BCUT2D eigenvalue weighted by Crippen LogP contribution is 2.25. The minimum Gasteiger partial charge on any atom is -0.484 e. The van der Waals surface area contributed by atoms with E-state index < -0.39 is 24.5 Å². The van der Waals surface area contributed by atoms with Crippen molar-refractivity contribution < 1.29 is 29.3 Å². The van der Waals surface area contributed by atoms with Crippen LogP contribution >= 0.6 is 23.2 Å². The molecule has 0 aromatic heterocycles. The van der Waals surface area contributed by atoms with Crippen LogP contribution in [-0.4, -0.2) is 34.7 Å². The molecule has 0 fully saturated rings. The number of carbonyl (C=O) groups is 3. The van der Waals surface area contributed by atoms with E-state index in [1.54, 1.807) is 6.07 Å². The van der Waals surface area contributed by atoms with E-state index in [1.165, 1.54) is 12.1 Å². The van der Waals surface area contributed by atoms with Gasteiger partial charge in [0.2, 0.25) is 0 Å². The van der Waals surface area contributed by atoms with Gasteiger partial charge in [0.15, 0.2) is 6.61 Å². The number of halogens is 2. The summed E-state index contributed by atoms with van der Waals surface area (Å²) in [6, 6.07) is 7.75. The van der Waals surface area contributed by atoms with Gasteiger partial charge in [0.05, 0.1) is 21.2 Å². The van der Waals surface area contributed by atoms with Gasteiger partial charge in [-0.15, -0.1) is 0 Å². The quantitative estimate of drug-likeness (QED) is 0.704. The average Bonchev–Trinajstić information content (AvgIpc) is 2.56. The van der Waals surface area contributed by atoms with Gasteiger partial charge >= 0.3 is 11.9 Å². The van der Waals surface area contributed by atoms with E-state index >= 15 is 0 Å². The minimum atomic E-state index is -1.31. The lowest BCUT2D eigenvalue weighted by Gasteiger charge is -2.09. The first-order chi connectivity index (χ1) is 11.8. The molecule has 2 rings (SSSR count). The third-order valence-corrected chi connectivity index (χ3v) is 3.71. The lowest BCUT2D eigenvalue weighted by molar-refractivity contribution is -0.118. The van der Waals surface area contributed by atoms with Gasteiger partial charge in [-0.2, -0.15) is 0 Å². The van der Waals surface area contributed by atoms with Gasteiger partial charge in [-0.05, 0) is 36.4 Å². The molecule has 25 heavy (non-hydrogen) atoms. The van der Waals surface area contributed by atoms with Crippen LogP contribution in [0.1, 0.15) is 20.7 Å². The zero-order valence-corrected chi connectivity index (χ0v) is 14.0. The lowest BCUT2D eigenvalue weighted by atomic mass is 10.1. The first-order valence-corrected chi connectivity index (χ1v) is 7.51. The standard InChI is InChI=1S/C16H11Cl2NO6/c17-12-2-1-10(6-13(12)18)19-14(20)7-25-11-4-8(15(21)22)3-9(5-11)16(23)24/h1-6H,7H2,(H,19,20)(H,21,22)(H,23,24). The molecule has 3 N–H and O–H groups in total. The molecule has 0 aliphatic carbocycles. The molecule has 130 valence electrons. The van der Waals surface area contributed by atoms with Gasteiger partial charge in [-0.3, -0.25) is 4.79 Å². The Morgan fingerprint density at radius 1 is 0.920 bits per heavy atom. The Bertz CT molecular complexity index is 820. The zero-order chi connectivity index (χ0) is 18.6. The Morgan fingerprint density at radius 2 is 1.52 bits per heavy atom. The second-order valence-corrected chi connectivity index (χ2v) is 5.64. The number of aromatic carboxylic acids is 2. The molecule has 0 saturated carbocycles. The van der Waals surface area contributed by atoms with Gasteiger partial charge in [0, 0.05) is 5.69 Å². The third-order valence-electron chi connectivity index (χ3n) is 2.97. The van der Waals surface area contributed by atoms with Gasteiger partial charge in [-0.25, -0.2) is 9.59 Å². The Labute approximate surface area is 151 Å². The van der Waals surface area contributed by atoms with Gasteiger partial charge < -0.3 is 20.3 Å². The SMILES string of the molecule is O=C(COc1cc(C(=O)O)cc(C(=O)O)c1)Nc1ccc(Cl)c(Cl)c1. The number of benzene rings is 2. The Balaban J connectivity index is 2.07. The Hall–Kier alpha value is -2.77. The molecular weight excluding hydrogens is 373 g/mol. The molecule has 0 aliphatic rings. The van der Waals surface area contributed by atoms with Crippen molar-refractivity contribution in [2.24, 2.45) is 0 Å². The summed E-state index contributed by atoms with van der Waals surface area (Å²) in [6.45, 7) is -0.456. The van der Waals surface area contributed by atoms with E-state index in [0.717, 1.165) is 18.2 Å². The van der Waals surface area contributed by atoms with E-state index in [2.05, 4.69) is 5.32 Å². The molecule has 1 amide bonds. The fourth-order valence-electron chi connectivity index (χ4n) is 1.85. The second kappa shape index (κ2) is 7.87. The fraction of sp³-hybridized carbons (Fsp3) is 0.0625. The molecule has 0 radical (unpaired) electrons. The van der Waals surface area contributed by atoms with E-state index in [1.807, 2.05) is 0 Å². The smallest absolute Gasteiger partial charge is 0.335 e. The van der Waals surface area contributed by atoms with Crippen molar-refractivity contribution in [2.45, 2.75) is 0 Å². The predicted octanol–water partition coefficient (Wildman–Crippen LogP) is 3.41. The molecule has 2 aromatic rings. The van der Waals surface area contributed by atoms with Crippen molar-refractivity contribution in [3.05, 3.63) is 57.6 Å². The molecule has 0 saturated heterocycles. The summed E-state index contributed by atoms with van der Waals surface area (Å²) in [6.07, 6.45) is 0. The number of ether oxygens (including phenoxy) is 1.